The molecule has 1 atom stereocenters. The predicted octanol–water partition coefficient (Wildman–Crippen LogP) is 3.52. The zero-order valence-corrected chi connectivity index (χ0v) is 13.6. The molecule has 1 unspecified atom stereocenters. The van der Waals surface area contributed by atoms with E-state index in [-0.39, 0.29) is 6.61 Å². The largest absolute Gasteiger partial charge is 0.396 e. The van der Waals surface area contributed by atoms with Gasteiger partial charge in [0.2, 0.25) is 0 Å². The summed E-state index contributed by atoms with van der Waals surface area (Å²) in [6.45, 7) is 5.44. The van der Waals surface area contributed by atoms with E-state index in [1.54, 1.807) is 23.1 Å². The summed E-state index contributed by atoms with van der Waals surface area (Å²) < 4.78 is 0. The highest BCUT2D eigenvalue weighted by molar-refractivity contribution is 7.99. The van der Waals surface area contributed by atoms with Crippen molar-refractivity contribution in [2.75, 3.05) is 18.5 Å². The van der Waals surface area contributed by atoms with Gasteiger partial charge in [-0.05, 0) is 24.3 Å². The van der Waals surface area contributed by atoms with Gasteiger partial charge < -0.3 is 10.4 Å². The Morgan fingerprint density at radius 2 is 2.30 bits per heavy atom. The van der Waals surface area contributed by atoms with E-state index in [1.807, 2.05) is 0 Å². The summed E-state index contributed by atoms with van der Waals surface area (Å²) >= 11 is 3.44. The normalized spacial score (nSPS) is 12.8. The monoisotopic (exact) mass is 311 g/mol. The molecule has 0 spiro atoms. The number of anilines is 1. The number of hydrogen-bond donors (Lipinski definition) is 2. The van der Waals surface area contributed by atoms with Crippen LogP contribution in [-0.4, -0.2) is 33.5 Å². The third-order valence-corrected chi connectivity index (χ3v) is 4.98. The van der Waals surface area contributed by atoms with Crippen molar-refractivity contribution in [1.82, 2.24) is 9.97 Å². The molecule has 110 valence electrons. The Morgan fingerprint density at radius 1 is 1.45 bits per heavy atom. The first-order valence-corrected chi connectivity index (χ1v) is 8.88. The van der Waals surface area contributed by atoms with Gasteiger partial charge in [-0.3, -0.25) is 0 Å². The van der Waals surface area contributed by atoms with Gasteiger partial charge in [0.05, 0.1) is 11.1 Å². The van der Waals surface area contributed by atoms with Crippen molar-refractivity contribution in [2.45, 2.75) is 37.7 Å². The molecule has 0 aliphatic rings. The van der Waals surface area contributed by atoms with Crippen molar-refractivity contribution in [1.29, 1.82) is 0 Å². The van der Waals surface area contributed by atoms with Crippen molar-refractivity contribution >= 4 is 39.1 Å². The van der Waals surface area contributed by atoms with Crippen LogP contribution in [0.4, 0.5) is 5.82 Å². The molecule has 0 fully saturated rings. The van der Waals surface area contributed by atoms with E-state index in [1.165, 1.54) is 0 Å². The second-order valence-corrected chi connectivity index (χ2v) is 7.01. The number of rotatable bonds is 8. The molecular formula is C14H21N3OS2. The van der Waals surface area contributed by atoms with E-state index in [4.69, 9.17) is 5.11 Å². The molecule has 0 aliphatic heterocycles. The highest BCUT2D eigenvalue weighted by atomic mass is 32.2. The first-order valence-electron chi connectivity index (χ1n) is 6.95. The summed E-state index contributed by atoms with van der Waals surface area (Å²) in [7, 11) is 0. The molecule has 0 radical (unpaired) electrons. The first-order chi connectivity index (χ1) is 9.74. The van der Waals surface area contributed by atoms with Crippen LogP contribution in [0.5, 0.6) is 0 Å². The lowest BCUT2D eigenvalue weighted by Gasteiger charge is -2.10. The third kappa shape index (κ3) is 4.07. The number of thioether (sulfide) groups is 1. The Labute approximate surface area is 128 Å². The van der Waals surface area contributed by atoms with Gasteiger partial charge in [0, 0.05) is 18.4 Å². The fourth-order valence-corrected chi connectivity index (χ4v) is 3.44. The summed E-state index contributed by atoms with van der Waals surface area (Å²) in [5.41, 5.74) is 0. The quantitative estimate of drug-likeness (QED) is 0.781. The lowest BCUT2D eigenvalue weighted by molar-refractivity contribution is 0.289. The van der Waals surface area contributed by atoms with Gasteiger partial charge in [0.25, 0.3) is 0 Å². The minimum atomic E-state index is 0.238. The van der Waals surface area contributed by atoms with Gasteiger partial charge in [0.15, 0.2) is 0 Å². The molecule has 0 aromatic carbocycles. The van der Waals surface area contributed by atoms with Gasteiger partial charge in [-0.25, -0.2) is 9.97 Å². The fourth-order valence-electron chi connectivity index (χ4n) is 1.82. The maximum absolute atomic E-state index is 8.94. The molecule has 4 nitrogen and oxygen atoms in total. The van der Waals surface area contributed by atoms with Crippen LogP contribution in [0.25, 0.3) is 10.2 Å². The van der Waals surface area contributed by atoms with Crippen LogP contribution in [0.3, 0.4) is 0 Å². The molecule has 20 heavy (non-hydrogen) atoms. The Hall–Kier alpha value is -0.850. The van der Waals surface area contributed by atoms with Crippen molar-refractivity contribution in [3.8, 4) is 0 Å². The number of hydrogen-bond acceptors (Lipinski definition) is 6. The molecule has 6 heteroatoms. The summed E-state index contributed by atoms with van der Waals surface area (Å²) in [5, 5.41) is 15.9. The number of nitrogens with zero attached hydrogens (tertiary/aromatic N) is 2. The lowest BCUT2D eigenvalue weighted by atomic mass is 10.3. The second-order valence-electron chi connectivity index (χ2n) is 4.69. The van der Waals surface area contributed by atoms with E-state index in [0.717, 1.165) is 47.0 Å². The summed E-state index contributed by atoms with van der Waals surface area (Å²) in [5.74, 6) is 2.60. The number of aliphatic hydroxyl groups is 1. The zero-order valence-electron chi connectivity index (χ0n) is 11.9. The van der Waals surface area contributed by atoms with Gasteiger partial charge in [-0.1, -0.05) is 13.8 Å². The van der Waals surface area contributed by atoms with Crippen LogP contribution >= 0.6 is 23.1 Å². The molecule has 0 saturated heterocycles. The number of nitrogens with one attached hydrogen (secondary N) is 1. The van der Waals surface area contributed by atoms with Crippen LogP contribution in [0.2, 0.25) is 0 Å². The Bertz CT molecular complexity index is 544. The van der Waals surface area contributed by atoms with Crippen LogP contribution in [0, 0.1) is 0 Å². The fraction of sp³-hybridized carbons (Fsp3) is 0.571. The van der Waals surface area contributed by atoms with E-state index < -0.39 is 0 Å². The van der Waals surface area contributed by atoms with E-state index >= 15 is 0 Å². The lowest BCUT2D eigenvalue weighted by Crippen LogP contribution is -2.06. The van der Waals surface area contributed by atoms with Crippen LogP contribution in [0.1, 0.15) is 32.5 Å². The number of thiophene rings is 1. The van der Waals surface area contributed by atoms with Gasteiger partial charge >= 0.3 is 0 Å². The molecule has 0 bridgehead atoms. The van der Waals surface area contributed by atoms with Crippen LogP contribution < -0.4 is 5.32 Å². The molecule has 0 saturated carbocycles. The second kappa shape index (κ2) is 7.81. The predicted molar refractivity (Wildman–Crippen MR) is 88.7 cm³/mol. The Kier molecular flexibility index (Phi) is 6.06. The van der Waals surface area contributed by atoms with Gasteiger partial charge in [0.1, 0.15) is 16.5 Å². The zero-order chi connectivity index (χ0) is 14.4. The highest BCUT2D eigenvalue weighted by Gasteiger charge is 2.10. The summed E-state index contributed by atoms with van der Waals surface area (Å²) in [4.78, 5) is 10.3. The Morgan fingerprint density at radius 3 is 3.05 bits per heavy atom. The van der Waals surface area contributed by atoms with E-state index in [2.05, 4.69) is 40.6 Å². The number of aromatic nitrogens is 2. The molecule has 2 N–H and O–H groups in total. The van der Waals surface area contributed by atoms with Gasteiger partial charge in [-0.2, -0.15) is 11.8 Å². The van der Waals surface area contributed by atoms with Gasteiger partial charge in [-0.15, -0.1) is 11.3 Å². The molecule has 2 heterocycles. The Balaban J connectivity index is 2.12. The summed E-state index contributed by atoms with van der Waals surface area (Å²) in [6, 6.07) is 2.07. The minimum absolute atomic E-state index is 0.238. The third-order valence-electron chi connectivity index (χ3n) is 2.95. The first kappa shape index (κ1) is 15.5. The van der Waals surface area contributed by atoms with E-state index in [0.29, 0.717) is 5.25 Å². The number of aliphatic hydroxyl groups excluding tert-OH is 1. The SMILES string of the molecule is CCCNc1nc(CSC(C)CCO)nc2sccc12. The molecule has 2 aromatic heterocycles. The standard InChI is InChI=1S/C14H21N3OS2/c1-3-6-15-13-11-5-8-19-14(11)17-12(16-13)9-20-10(2)4-7-18/h5,8,10,18H,3-4,6-7,9H2,1-2H3,(H,15,16,17). The van der Waals surface area contributed by atoms with Crippen molar-refractivity contribution in [3.05, 3.63) is 17.3 Å². The molecule has 2 aromatic rings. The number of fused-ring (bicyclic) bond motifs is 1. The average molecular weight is 311 g/mol. The molecular weight excluding hydrogens is 290 g/mol. The maximum atomic E-state index is 8.94. The topological polar surface area (TPSA) is 58.0 Å². The van der Waals surface area contributed by atoms with Crippen molar-refractivity contribution < 1.29 is 5.11 Å². The van der Waals surface area contributed by atoms with Crippen LogP contribution in [0.15, 0.2) is 11.4 Å². The highest BCUT2D eigenvalue weighted by Crippen LogP contribution is 2.27. The smallest absolute Gasteiger partial charge is 0.142 e. The average Bonchev–Trinajstić information content (AvgIpc) is 2.91. The van der Waals surface area contributed by atoms with Crippen LogP contribution in [-0.2, 0) is 5.75 Å². The van der Waals surface area contributed by atoms with E-state index in [9.17, 15) is 0 Å². The van der Waals surface area contributed by atoms with Crippen molar-refractivity contribution in [3.63, 3.8) is 0 Å². The maximum Gasteiger partial charge on any atom is 0.142 e. The molecule has 2 rings (SSSR count). The molecule has 0 aliphatic carbocycles. The molecule has 0 amide bonds. The minimum Gasteiger partial charge on any atom is -0.396 e. The summed E-state index contributed by atoms with van der Waals surface area (Å²) in [6.07, 6.45) is 1.89. The van der Waals surface area contributed by atoms with Crippen molar-refractivity contribution in [2.24, 2.45) is 0 Å².